The molecule has 0 fully saturated rings. The first-order chi connectivity index (χ1) is 16.2. The minimum atomic E-state index is 0.697. The summed E-state index contributed by atoms with van der Waals surface area (Å²) in [7, 11) is 0. The van der Waals surface area contributed by atoms with Gasteiger partial charge in [-0.3, -0.25) is 0 Å². The van der Waals surface area contributed by atoms with Gasteiger partial charge in [-0.2, -0.15) is 10.5 Å². The summed E-state index contributed by atoms with van der Waals surface area (Å²) in [5, 5.41) is 17.8. The molecule has 4 rings (SSSR count). The van der Waals surface area contributed by atoms with E-state index in [-0.39, 0.29) is 0 Å². The number of hydrogen-bond acceptors (Lipinski definition) is 5. The van der Waals surface area contributed by atoms with Crippen molar-refractivity contribution in [3.8, 4) is 12.1 Å². The topological polar surface area (TPSA) is 47.6 Å². The predicted octanol–water partition coefficient (Wildman–Crippen LogP) is 8.17. The zero-order valence-corrected chi connectivity index (χ0v) is 20.2. The number of rotatable bonds is 8. The van der Waals surface area contributed by atoms with Crippen LogP contribution in [-0.2, 0) is 11.5 Å². The Hall–Kier alpha value is -3.09. The van der Waals surface area contributed by atoms with E-state index in [4.69, 9.17) is 10.5 Å². The molecule has 0 aliphatic rings. The Balaban J connectivity index is 1.26. The average Bonchev–Trinajstić information content (AvgIpc) is 2.88. The zero-order valence-electron chi connectivity index (χ0n) is 17.8. The molecule has 0 radical (unpaired) electrons. The quantitative estimate of drug-likeness (QED) is 0.238. The minimum absolute atomic E-state index is 0.697. The molecular weight excluding hydrogens is 461 g/mol. The smallest absolute Gasteiger partial charge is 0.0991 e. The van der Waals surface area contributed by atoms with Gasteiger partial charge < -0.3 is 0 Å². The van der Waals surface area contributed by atoms with Crippen LogP contribution in [-0.4, -0.2) is 0 Å². The molecule has 5 heteroatoms. The second-order valence-corrected chi connectivity index (χ2v) is 10.5. The summed E-state index contributed by atoms with van der Waals surface area (Å²) in [5.41, 5.74) is 3.83. The maximum Gasteiger partial charge on any atom is 0.0991 e. The van der Waals surface area contributed by atoms with Crippen molar-refractivity contribution in [2.75, 3.05) is 0 Å². The van der Waals surface area contributed by atoms with Crippen molar-refractivity contribution >= 4 is 35.3 Å². The first kappa shape index (κ1) is 23.1. The highest BCUT2D eigenvalue weighted by atomic mass is 32.2. The lowest BCUT2D eigenvalue weighted by Gasteiger charge is -2.06. The number of thioether (sulfide) groups is 2. The molecule has 0 bridgehead atoms. The molecule has 0 amide bonds. The molecule has 0 unspecified atom stereocenters. The van der Waals surface area contributed by atoms with Crippen LogP contribution in [0.2, 0.25) is 0 Å². The van der Waals surface area contributed by atoms with E-state index in [0.29, 0.717) is 11.1 Å². The minimum Gasteiger partial charge on any atom is -0.192 e. The molecule has 2 nitrogen and oxygen atoms in total. The summed E-state index contributed by atoms with van der Waals surface area (Å²) < 4.78 is 0. The fourth-order valence-electron chi connectivity index (χ4n) is 3.03. The SMILES string of the molecule is N#Cc1ccc(CSc2ccc(Sc3ccc(SCc4ccc(C#N)cc4)cc3)cc2)cc1. The molecule has 0 N–H and O–H groups in total. The van der Waals surface area contributed by atoms with E-state index in [1.54, 1.807) is 35.3 Å². The van der Waals surface area contributed by atoms with E-state index in [1.807, 2.05) is 48.5 Å². The van der Waals surface area contributed by atoms with E-state index in [0.717, 1.165) is 11.5 Å². The molecule has 0 aliphatic carbocycles. The lowest BCUT2D eigenvalue weighted by Crippen LogP contribution is -1.82. The van der Waals surface area contributed by atoms with Crippen LogP contribution in [0.25, 0.3) is 0 Å². The summed E-state index contributed by atoms with van der Waals surface area (Å²) in [5.74, 6) is 1.78. The van der Waals surface area contributed by atoms with Gasteiger partial charge in [-0.15, -0.1) is 23.5 Å². The maximum absolute atomic E-state index is 8.90. The maximum atomic E-state index is 8.90. The van der Waals surface area contributed by atoms with Gasteiger partial charge in [0.05, 0.1) is 23.3 Å². The normalized spacial score (nSPS) is 10.4. The molecule has 0 saturated heterocycles. The number of benzene rings is 4. The Morgan fingerprint density at radius 1 is 0.455 bits per heavy atom. The van der Waals surface area contributed by atoms with Crippen molar-refractivity contribution in [3.63, 3.8) is 0 Å². The van der Waals surface area contributed by atoms with Crippen LogP contribution in [0, 0.1) is 22.7 Å². The summed E-state index contributed by atoms with van der Waals surface area (Å²) in [6.45, 7) is 0. The van der Waals surface area contributed by atoms with Gasteiger partial charge in [-0.25, -0.2) is 0 Å². The van der Waals surface area contributed by atoms with Crippen LogP contribution in [0.5, 0.6) is 0 Å². The number of nitriles is 2. The number of hydrogen-bond donors (Lipinski definition) is 0. The predicted molar refractivity (Wildman–Crippen MR) is 138 cm³/mol. The lowest BCUT2D eigenvalue weighted by atomic mass is 10.2. The third kappa shape index (κ3) is 6.94. The number of nitrogens with zero attached hydrogens (tertiary/aromatic N) is 2. The van der Waals surface area contributed by atoms with Crippen LogP contribution in [0.3, 0.4) is 0 Å². The molecule has 4 aromatic carbocycles. The lowest BCUT2D eigenvalue weighted by molar-refractivity contribution is 1.30. The van der Waals surface area contributed by atoms with Crippen molar-refractivity contribution in [2.24, 2.45) is 0 Å². The molecule has 0 aliphatic heterocycles. The van der Waals surface area contributed by atoms with Gasteiger partial charge >= 0.3 is 0 Å². The second-order valence-electron chi connectivity index (χ2n) is 7.24. The molecule has 0 spiro atoms. The summed E-state index contributed by atoms with van der Waals surface area (Å²) in [4.78, 5) is 4.91. The van der Waals surface area contributed by atoms with Crippen molar-refractivity contribution in [2.45, 2.75) is 31.1 Å². The molecule has 0 saturated carbocycles. The van der Waals surface area contributed by atoms with E-state index in [1.165, 1.54) is 30.7 Å². The average molecular weight is 481 g/mol. The molecule has 0 heterocycles. The van der Waals surface area contributed by atoms with Gasteiger partial charge in [0, 0.05) is 31.1 Å². The second kappa shape index (κ2) is 11.7. The molecule has 160 valence electrons. The summed E-state index contributed by atoms with van der Waals surface area (Å²) in [6, 6.07) is 37.2. The first-order valence-electron chi connectivity index (χ1n) is 10.3. The van der Waals surface area contributed by atoms with Crippen LogP contribution < -0.4 is 0 Å². The van der Waals surface area contributed by atoms with Gasteiger partial charge in [0.2, 0.25) is 0 Å². The van der Waals surface area contributed by atoms with Crippen LogP contribution in [0.4, 0.5) is 0 Å². The summed E-state index contributed by atoms with van der Waals surface area (Å²) in [6.07, 6.45) is 0. The summed E-state index contributed by atoms with van der Waals surface area (Å²) >= 11 is 5.36. The van der Waals surface area contributed by atoms with Gasteiger partial charge in [-0.1, -0.05) is 36.0 Å². The molecular formula is C28H20N2S3. The Bertz CT molecular complexity index is 1160. The van der Waals surface area contributed by atoms with Crippen molar-refractivity contribution in [1.82, 2.24) is 0 Å². The molecule has 0 atom stereocenters. The van der Waals surface area contributed by atoms with Crippen LogP contribution >= 0.6 is 35.3 Å². The van der Waals surface area contributed by atoms with Crippen molar-refractivity contribution < 1.29 is 0 Å². The third-order valence-corrected chi connectivity index (χ3v) is 8.04. The standard InChI is InChI=1S/C28H20N2S3/c29-17-21-1-5-23(6-2-21)19-31-25-9-13-27(14-10-25)33-28-15-11-26(12-16-28)32-20-24-7-3-22(18-30)4-8-24/h1-16H,19-20H2. The van der Waals surface area contributed by atoms with E-state index in [2.05, 4.69) is 60.7 Å². The molecule has 4 aromatic rings. The Kier molecular flexibility index (Phi) is 8.17. The van der Waals surface area contributed by atoms with Crippen molar-refractivity contribution in [1.29, 1.82) is 10.5 Å². The monoisotopic (exact) mass is 480 g/mol. The highest BCUT2D eigenvalue weighted by Crippen LogP contribution is 2.32. The third-order valence-electron chi connectivity index (χ3n) is 4.86. The highest BCUT2D eigenvalue weighted by Gasteiger charge is 2.02. The molecule has 0 aromatic heterocycles. The fourth-order valence-corrected chi connectivity index (χ4v) is 5.55. The van der Waals surface area contributed by atoms with Gasteiger partial charge in [0.25, 0.3) is 0 Å². The Labute approximate surface area is 207 Å². The Morgan fingerprint density at radius 3 is 1.12 bits per heavy atom. The van der Waals surface area contributed by atoms with Gasteiger partial charge in [-0.05, 0) is 83.9 Å². The van der Waals surface area contributed by atoms with E-state index in [9.17, 15) is 0 Å². The fraction of sp³-hybridized carbons (Fsp3) is 0.0714. The largest absolute Gasteiger partial charge is 0.192 e. The van der Waals surface area contributed by atoms with E-state index < -0.39 is 0 Å². The zero-order chi connectivity index (χ0) is 22.9. The van der Waals surface area contributed by atoms with Gasteiger partial charge in [0.15, 0.2) is 0 Å². The first-order valence-corrected chi connectivity index (χ1v) is 13.1. The van der Waals surface area contributed by atoms with Crippen molar-refractivity contribution in [3.05, 3.63) is 119 Å². The van der Waals surface area contributed by atoms with Crippen LogP contribution in [0.1, 0.15) is 22.3 Å². The van der Waals surface area contributed by atoms with Crippen LogP contribution in [0.15, 0.2) is 117 Å². The highest BCUT2D eigenvalue weighted by molar-refractivity contribution is 7.99. The Morgan fingerprint density at radius 2 is 0.788 bits per heavy atom. The molecule has 33 heavy (non-hydrogen) atoms. The van der Waals surface area contributed by atoms with E-state index >= 15 is 0 Å². The van der Waals surface area contributed by atoms with Gasteiger partial charge in [0.1, 0.15) is 0 Å².